The molecular formula is C27H29NO4. The van der Waals surface area contributed by atoms with Crippen molar-refractivity contribution in [1.29, 1.82) is 0 Å². The lowest BCUT2D eigenvalue weighted by atomic mass is 9.86. The van der Waals surface area contributed by atoms with E-state index in [0.717, 1.165) is 0 Å². The van der Waals surface area contributed by atoms with E-state index in [1.165, 1.54) is 5.56 Å². The minimum Gasteiger partial charge on any atom is -0.497 e. The van der Waals surface area contributed by atoms with Gasteiger partial charge >= 0.3 is 0 Å². The molecule has 0 aliphatic heterocycles. The van der Waals surface area contributed by atoms with Gasteiger partial charge in [-0.05, 0) is 54.3 Å². The second-order valence-electron chi connectivity index (χ2n) is 8.66. The average Bonchev–Trinajstić information content (AvgIpc) is 2.78. The number of carbonyl (C=O) groups is 2. The zero-order chi connectivity index (χ0) is 23.3. The highest BCUT2D eigenvalue weighted by atomic mass is 16.5. The molecule has 5 heteroatoms. The quantitative estimate of drug-likeness (QED) is 0.493. The van der Waals surface area contributed by atoms with Gasteiger partial charge in [0.25, 0.3) is 5.91 Å². The summed E-state index contributed by atoms with van der Waals surface area (Å²) >= 11 is 0. The van der Waals surface area contributed by atoms with Crippen LogP contribution < -0.4 is 14.8 Å². The third kappa shape index (κ3) is 5.76. The molecule has 0 aromatic heterocycles. The van der Waals surface area contributed by atoms with Gasteiger partial charge in [-0.1, -0.05) is 57.2 Å². The van der Waals surface area contributed by atoms with Crippen molar-refractivity contribution in [3.63, 3.8) is 0 Å². The number of hydrogen-bond acceptors (Lipinski definition) is 4. The summed E-state index contributed by atoms with van der Waals surface area (Å²) in [5, 5.41) is 2.82. The summed E-state index contributed by atoms with van der Waals surface area (Å²) in [6, 6.07) is 21.6. The molecule has 3 rings (SSSR count). The maximum atomic E-state index is 12.9. The summed E-state index contributed by atoms with van der Waals surface area (Å²) in [5.74, 6) is 0.879. The molecule has 0 aliphatic carbocycles. The minimum absolute atomic E-state index is 0.0242. The van der Waals surface area contributed by atoms with Crippen LogP contribution in [0.4, 0.5) is 5.69 Å². The van der Waals surface area contributed by atoms with Crippen molar-refractivity contribution in [2.75, 3.05) is 12.4 Å². The molecule has 0 spiro atoms. The van der Waals surface area contributed by atoms with Crippen LogP contribution in [0.2, 0.25) is 0 Å². The molecule has 0 fully saturated rings. The number of hydrogen-bond donors (Lipinski definition) is 1. The lowest BCUT2D eigenvalue weighted by Crippen LogP contribution is -2.30. The largest absolute Gasteiger partial charge is 0.497 e. The van der Waals surface area contributed by atoms with E-state index in [1.807, 2.05) is 24.3 Å². The molecule has 0 bridgehead atoms. The Labute approximate surface area is 189 Å². The SMILES string of the molecule is COc1ccc(O[C@H](C)C(=O)Nc2cccc(C(=O)c3ccc(C(C)(C)C)cc3)c2)cc1. The van der Waals surface area contributed by atoms with Crippen molar-refractivity contribution < 1.29 is 19.1 Å². The van der Waals surface area contributed by atoms with Crippen molar-refractivity contribution in [2.24, 2.45) is 0 Å². The summed E-state index contributed by atoms with van der Waals surface area (Å²) in [5.41, 5.74) is 2.85. The van der Waals surface area contributed by atoms with Gasteiger partial charge in [-0.2, -0.15) is 0 Å². The maximum Gasteiger partial charge on any atom is 0.265 e. The maximum absolute atomic E-state index is 12.9. The summed E-state index contributed by atoms with van der Waals surface area (Å²) < 4.78 is 10.8. The molecule has 0 heterocycles. The van der Waals surface area contributed by atoms with Gasteiger partial charge in [0, 0.05) is 16.8 Å². The Morgan fingerprint density at radius 3 is 2.06 bits per heavy atom. The summed E-state index contributed by atoms with van der Waals surface area (Å²) in [6.45, 7) is 8.07. The van der Waals surface area contributed by atoms with Crippen LogP contribution >= 0.6 is 0 Å². The number of ether oxygens (including phenoxy) is 2. The van der Waals surface area contributed by atoms with Crippen molar-refractivity contribution in [3.8, 4) is 11.5 Å². The normalized spacial score (nSPS) is 12.0. The van der Waals surface area contributed by atoms with Crippen LogP contribution in [0, 0.1) is 0 Å². The predicted octanol–water partition coefficient (Wildman–Crippen LogP) is 5.63. The van der Waals surface area contributed by atoms with Crippen molar-refractivity contribution in [2.45, 2.75) is 39.2 Å². The van der Waals surface area contributed by atoms with Crippen molar-refractivity contribution in [3.05, 3.63) is 89.5 Å². The molecule has 0 unspecified atom stereocenters. The average molecular weight is 432 g/mol. The standard InChI is InChI=1S/C27H29NO4/c1-18(32-24-15-13-23(31-5)14-16-24)26(30)28-22-8-6-7-20(17-22)25(29)19-9-11-21(12-10-19)27(2,3)4/h6-18H,1-5H3,(H,28,30)/t18-/m1/s1. The summed E-state index contributed by atoms with van der Waals surface area (Å²) in [4.78, 5) is 25.5. The number of carbonyl (C=O) groups excluding carboxylic acids is 2. The number of rotatable bonds is 7. The van der Waals surface area contributed by atoms with Gasteiger partial charge in [0.1, 0.15) is 11.5 Å². The van der Waals surface area contributed by atoms with Gasteiger partial charge in [-0.3, -0.25) is 9.59 Å². The lowest BCUT2D eigenvalue weighted by Gasteiger charge is -2.19. The topological polar surface area (TPSA) is 64.6 Å². The van der Waals surface area contributed by atoms with E-state index in [1.54, 1.807) is 62.6 Å². The van der Waals surface area contributed by atoms with Crippen LogP contribution in [0.1, 0.15) is 49.2 Å². The zero-order valence-electron chi connectivity index (χ0n) is 19.1. The number of methoxy groups -OCH3 is 1. The lowest BCUT2D eigenvalue weighted by molar-refractivity contribution is -0.122. The number of benzene rings is 3. The number of ketones is 1. The second-order valence-corrected chi connectivity index (χ2v) is 8.66. The van der Waals surface area contributed by atoms with Gasteiger partial charge in [0.15, 0.2) is 11.9 Å². The van der Waals surface area contributed by atoms with Gasteiger partial charge in [0.05, 0.1) is 7.11 Å². The van der Waals surface area contributed by atoms with Crippen LogP contribution in [0.15, 0.2) is 72.8 Å². The molecule has 0 saturated heterocycles. The molecule has 0 saturated carbocycles. The van der Waals surface area contributed by atoms with E-state index >= 15 is 0 Å². The predicted molar refractivity (Wildman–Crippen MR) is 127 cm³/mol. The molecule has 32 heavy (non-hydrogen) atoms. The van der Waals surface area contributed by atoms with E-state index in [9.17, 15) is 9.59 Å². The Morgan fingerprint density at radius 2 is 1.47 bits per heavy atom. The van der Waals surface area contributed by atoms with Crippen LogP contribution in [0.3, 0.4) is 0 Å². The Balaban J connectivity index is 1.67. The molecule has 1 amide bonds. The molecule has 5 nitrogen and oxygen atoms in total. The molecule has 3 aromatic rings. The van der Waals surface area contributed by atoms with Crippen molar-refractivity contribution in [1.82, 2.24) is 0 Å². The molecule has 1 atom stereocenters. The minimum atomic E-state index is -0.715. The Hall–Kier alpha value is -3.60. The Kier molecular flexibility index (Phi) is 6.98. The van der Waals surface area contributed by atoms with Crippen LogP contribution in [-0.4, -0.2) is 24.9 Å². The van der Waals surface area contributed by atoms with Crippen LogP contribution in [0.25, 0.3) is 0 Å². The van der Waals surface area contributed by atoms with E-state index in [4.69, 9.17) is 9.47 Å². The fraction of sp³-hybridized carbons (Fsp3) is 0.259. The van der Waals surface area contributed by atoms with Gasteiger partial charge in [-0.15, -0.1) is 0 Å². The molecule has 3 aromatic carbocycles. The molecule has 0 aliphatic rings. The Bertz CT molecular complexity index is 1080. The number of amides is 1. The number of anilines is 1. The van der Waals surface area contributed by atoms with E-state index in [-0.39, 0.29) is 17.1 Å². The third-order valence-electron chi connectivity index (χ3n) is 5.15. The van der Waals surface area contributed by atoms with Crippen LogP contribution in [0.5, 0.6) is 11.5 Å². The highest BCUT2D eigenvalue weighted by Crippen LogP contribution is 2.24. The molecule has 1 N–H and O–H groups in total. The van der Waals surface area contributed by atoms with Gasteiger partial charge in [0.2, 0.25) is 0 Å². The van der Waals surface area contributed by atoms with E-state index in [2.05, 4.69) is 26.1 Å². The van der Waals surface area contributed by atoms with Gasteiger partial charge in [-0.25, -0.2) is 0 Å². The number of nitrogens with one attached hydrogen (secondary N) is 1. The molecular weight excluding hydrogens is 402 g/mol. The van der Waals surface area contributed by atoms with Crippen molar-refractivity contribution >= 4 is 17.4 Å². The van der Waals surface area contributed by atoms with Crippen LogP contribution in [-0.2, 0) is 10.2 Å². The molecule has 0 radical (unpaired) electrons. The summed E-state index contributed by atoms with van der Waals surface area (Å²) in [7, 11) is 1.59. The first-order valence-electron chi connectivity index (χ1n) is 10.5. The fourth-order valence-electron chi connectivity index (χ4n) is 3.18. The van der Waals surface area contributed by atoms with E-state index in [0.29, 0.717) is 28.3 Å². The first kappa shape index (κ1) is 23.1. The highest BCUT2D eigenvalue weighted by Gasteiger charge is 2.17. The monoisotopic (exact) mass is 431 g/mol. The highest BCUT2D eigenvalue weighted by molar-refractivity contribution is 6.09. The summed E-state index contributed by atoms with van der Waals surface area (Å²) in [6.07, 6.45) is -0.715. The van der Waals surface area contributed by atoms with E-state index < -0.39 is 6.10 Å². The molecule has 166 valence electrons. The zero-order valence-corrected chi connectivity index (χ0v) is 19.1. The first-order chi connectivity index (χ1) is 15.2. The smallest absolute Gasteiger partial charge is 0.265 e. The fourth-order valence-corrected chi connectivity index (χ4v) is 3.18. The first-order valence-corrected chi connectivity index (χ1v) is 10.5. The second kappa shape index (κ2) is 9.69. The third-order valence-corrected chi connectivity index (χ3v) is 5.15. The van der Waals surface area contributed by atoms with Gasteiger partial charge < -0.3 is 14.8 Å². The Morgan fingerprint density at radius 1 is 0.844 bits per heavy atom.